The molecule has 8 nitrogen and oxygen atoms in total. The van der Waals surface area contributed by atoms with Gasteiger partial charge in [0, 0.05) is 81.2 Å². The number of benzene rings is 6. The lowest BCUT2D eigenvalue weighted by Crippen LogP contribution is -2.42. The number of hydrogen-bond acceptors (Lipinski definition) is 6. The van der Waals surface area contributed by atoms with Crippen molar-refractivity contribution in [3.05, 3.63) is 97.1 Å². The van der Waals surface area contributed by atoms with Gasteiger partial charge in [0.2, 0.25) is 0 Å². The number of hydrogen-bond donors (Lipinski definition) is 4. The molecule has 2 aliphatic heterocycles. The van der Waals surface area contributed by atoms with Gasteiger partial charge in [-0.25, -0.2) is 0 Å². The van der Waals surface area contributed by atoms with Crippen LogP contribution in [-0.2, 0) is 0 Å². The van der Waals surface area contributed by atoms with Gasteiger partial charge in [0.15, 0.2) is 0 Å². The number of fused-ring (bicyclic) bond motifs is 10. The second-order valence-corrected chi connectivity index (χ2v) is 16.1. The smallest absolute Gasteiger partial charge is 0.119 e. The van der Waals surface area contributed by atoms with Crippen molar-refractivity contribution in [2.75, 3.05) is 77.2 Å². The lowest BCUT2D eigenvalue weighted by molar-refractivity contribution is 0.0996. The molecule has 0 amide bonds. The third-order valence-corrected chi connectivity index (χ3v) is 13.0. The third-order valence-electron chi connectivity index (χ3n) is 13.0. The molecule has 0 atom stereocenters. The second-order valence-electron chi connectivity index (χ2n) is 16.1. The van der Waals surface area contributed by atoms with E-state index < -0.39 is 0 Å². The highest BCUT2D eigenvalue weighted by molar-refractivity contribution is 6.22. The van der Waals surface area contributed by atoms with Crippen LogP contribution in [0.2, 0.25) is 0 Å². The molecule has 0 radical (unpaired) electrons. The summed E-state index contributed by atoms with van der Waals surface area (Å²) in [5, 5.41) is 17.5. The van der Waals surface area contributed by atoms with Crippen molar-refractivity contribution in [2.24, 2.45) is 11.8 Å². The van der Waals surface area contributed by atoms with Crippen molar-refractivity contribution in [2.45, 2.75) is 25.7 Å². The van der Waals surface area contributed by atoms with Gasteiger partial charge in [-0.2, -0.15) is 0 Å². The van der Waals surface area contributed by atoms with Gasteiger partial charge in [-0.1, -0.05) is 24.3 Å². The number of ether oxygens (including phenoxy) is 2. The fourth-order valence-corrected chi connectivity index (χ4v) is 9.88. The molecule has 4 N–H and O–H groups in total. The minimum atomic E-state index is 0.871. The summed E-state index contributed by atoms with van der Waals surface area (Å²) in [6, 6.07) is 34.9. The van der Waals surface area contributed by atoms with Crippen molar-refractivity contribution in [3.8, 4) is 11.5 Å². The van der Waals surface area contributed by atoms with Crippen LogP contribution in [0, 0.1) is 11.8 Å². The number of nitrogens with one attached hydrogen (secondary N) is 4. The fraction of sp³-hybridized carbons (Fsp3) is 0.333. The van der Waals surface area contributed by atoms with E-state index in [-0.39, 0.29) is 0 Å². The second kappa shape index (κ2) is 14.9. The summed E-state index contributed by atoms with van der Waals surface area (Å²) in [5.74, 6) is 3.51. The zero-order chi connectivity index (χ0) is 37.6. The summed E-state index contributed by atoms with van der Waals surface area (Å²) in [6.45, 7) is 8.97. The Balaban J connectivity index is 0.689. The zero-order valence-corrected chi connectivity index (χ0v) is 32.6. The molecule has 0 bridgehead atoms. The number of aromatic nitrogens is 2. The van der Waals surface area contributed by atoms with Gasteiger partial charge in [-0.15, -0.1) is 0 Å². The molecule has 6 aromatic carbocycles. The Kier molecular flexibility index (Phi) is 9.32. The van der Waals surface area contributed by atoms with E-state index in [4.69, 9.17) is 9.47 Å². The molecule has 0 saturated carbocycles. The first-order valence-corrected chi connectivity index (χ1v) is 20.6. The molecule has 2 aliphatic rings. The van der Waals surface area contributed by atoms with Crippen LogP contribution in [0.25, 0.3) is 65.2 Å². The number of methoxy groups -OCH3 is 2. The minimum absolute atomic E-state index is 0.871. The summed E-state index contributed by atoms with van der Waals surface area (Å²) in [6.07, 6.45) is 5.34. The first-order chi connectivity index (χ1) is 27.6. The number of nitrogens with zero attached hydrogens (tertiary/aromatic N) is 2. The van der Waals surface area contributed by atoms with Crippen LogP contribution in [0.1, 0.15) is 25.7 Å². The van der Waals surface area contributed by atoms with Crippen LogP contribution in [0.3, 0.4) is 0 Å². The highest BCUT2D eigenvalue weighted by Gasteiger charge is 2.29. The Labute approximate surface area is 328 Å². The Morgan fingerprint density at radius 3 is 1.34 bits per heavy atom. The largest absolute Gasteiger partial charge is 0.497 e. The summed E-state index contributed by atoms with van der Waals surface area (Å²) in [7, 11) is 3.46. The first kappa shape index (κ1) is 35.0. The third kappa shape index (κ3) is 6.65. The zero-order valence-electron chi connectivity index (χ0n) is 32.6. The average molecular weight is 745 g/mol. The molecule has 2 fully saturated rings. The standard InChI is InChI=1S/C48H52N6O2/c1-55-37-9-13-43-41(29-37)47-39-27-35(7-3-33(39)5-11-45(47)51-43)49-19-25-53-21-15-31(16-22-53)32-17-23-54(24-18-32)26-20-50-36-8-4-34-6-12-46-48(40(34)28-36)42-30-38(56-2)10-14-44(42)52-46/h3-14,27-32,49-52H,15-26H2,1-2H3. The van der Waals surface area contributed by atoms with Gasteiger partial charge < -0.3 is 39.9 Å². The molecule has 0 aliphatic carbocycles. The Hall–Kier alpha value is -5.44. The monoisotopic (exact) mass is 744 g/mol. The summed E-state index contributed by atoms with van der Waals surface area (Å²) < 4.78 is 11.1. The number of aromatic amines is 2. The molecule has 2 saturated heterocycles. The van der Waals surface area contributed by atoms with E-state index >= 15 is 0 Å². The van der Waals surface area contributed by atoms with E-state index in [9.17, 15) is 0 Å². The maximum atomic E-state index is 5.55. The number of piperidine rings is 2. The topological polar surface area (TPSA) is 80.6 Å². The maximum absolute atomic E-state index is 5.55. The molecular weight excluding hydrogens is 693 g/mol. The van der Waals surface area contributed by atoms with Crippen LogP contribution in [0.15, 0.2) is 97.1 Å². The summed E-state index contributed by atoms with van der Waals surface area (Å²) in [5.41, 5.74) is 6.97. The Morgan fingerprint density at radius 2 is 0.911 bits per heavy atom. The SMILES string of the molecule is COc1ccc2[nH]c3ccc4ccc(NCCN5CCC(C6CCN(CCNc7ccc8ccc9[nH]c%10ccc(OC)cc%10c9c8c7)CC6)CC5)cc4c3c2c1. The predicted octanol–water partition coefficient (Wildman–Crippen LogP) is 10.2. The van der Waals surface area contributed by atoms with Crippen molar-refractivity contribution in [1.29, 1.82) is 0 Å². The molecule has 0 spiro atoms. The molecule has 2 aromatic heterocycles. The first-order valence-electron chi connectivity index (χ1n) is 20.6. The summed E-state index contributed by atoms with van der Waals surface area (Å²) in [4.78, 5) is 12.5. The van der Waals surface area contributed by atoms with Crippen molar-refractivity contribution >= 4 is 76.5 Å². The van der Waals surface area contributed by atoms with E-state index in [1.807, 2.05) is 12.1 Å². The van der Waals surface area contributed by atoms with Gasteiger partial charge in [-0.05, 0) is 158 Å². The van der Waals surface area contributed by atoms with Crippen LogP contribution in [0.4, 0.5) is 11.4 Å². The maximum Gasteiger partial charge on any atom is 0.119 e. The van der Waals surface area contributed by atoms with Gasteiger partial charge in [-0.3, -0.25) is 0 Å². The van der Waals surface area contributed by atoms with E-state index in [2.05, 4.69) is 115 Å². The lowest BCUT2D eigenvalue weighted by Gasteiger charge is -2.40. The van der Waals surface area contributed by atoms with E-state index in [0.29, 0.717) is 0 Å². The number of rotatable bonds is 11. The Morgan fingerprint density at radius 1 is 0.500 bits per heavy atom. The van der Waals surface area contributed by atoms with E-state index in [1.165, 1.54) is 106 Å². The van der Waals surface area contributed by atoms with Crippen LogP contribution in [0.5, 0.6) is 11.5 Å². The molecule has 0 unspecified atom stereocenters. The molecule has 8 heteroatoms. The normalized spacial score (nSPS) is 16.5. The highest BCUT2D eigenvalue weighted by Crippen LogP contribution is 2.37. The van der Waals surface area contributed by atoms with Crippen molar-refractivity contribution < 1.29 is 9.47 Å². The molecule has 8 aromatic rings. The van der Waals surface area contributed by atoms with Crippen LogP contribution in [-0.4, -0.2) is 86.3 Å². The van der Waals surface area contributed by atoms with E-state index in [1.54, 1.807) is 14.2 Å². The predicted molar refractivity (Wildman–Crippen MR) is 235 cm³/mol. The number of H-pyrrole nitrogens is 2. The quantitative estimate of drug-likeness (QED) is 0.106. The minimum Gasteiger partial charge on any atom is -0.497 e. The molecule has 10 rings (SSSR count). The van der Waals surface area contributed by atoms with Crippen LogP contribution < -0.4 is 20.1 Å². The molecule has 286 valence electrons. The van der Waals surface area contributed by atoms with E-state index in [0.717, 1.165) is 71.6 Å². The van der Waals surface area contributed by atoms with Gasteiger partial charge in [0.05, 0.1) is 14.2 Å². The van der Waals surface area contributed by atoms with Crippen molar-refractivity contribution in [1.82, 2.24) is 19.8 Å². The average Bonchev–Trinajstić information content (AvgIpc) is 3.82. The lowest BCUT2D eigenvalue weighted by atomic mass is 9.79. The molecule has 4 heterocycles. The number of anilines is 2. The molecular formula is C48H52N6O2. The fourth-order valence-electron chi connectivity index (χ4n) is 9.88. The van der Waals surface area contributed by atoms with Gasteiger partial charge >= 0.3 is 0 Å². The molecule has 56 heavy (non-hydrogen) atoms. The van der Waals surface area contributed by atoms with Crippen molar-refractivity contribution in [3.63, 3.8) is 0 Å². The Bertz CT molecular complexity index is 2500. The summed E-state index contributed by atoms with van der Waals surface area (Å²) >= 11 is 0. The number of likely N-dealkylation sites (tertiary alicyclic amines) is 2. The van der Waals surface area contributed by atoms with Crippen LogP contribution >= 0.6 is 0 Å². The highest BCUT2D eigenvalue weighted by atomic mass is 16.5. The van der Waals surface area contributed by atoms with Gasteiger partial charge in [0.25, 0.3) is 0 Å². The van der Waals surface area contributed by atoms with Gasteiger partial charge in [0.1, 0.15) is 11.5 Å².